The molecule has 2 atom stereocenters. The predicted octanol–water partition coefficient (Wildman–Crippen LogP) is 1.86. The SMILES string of the molecule is CC(CNC(=O)CSCCC(N)=O)Oc1cccc(N(C)C)c1.NC(=O)CCSCC(=O)NCC1CN(Cc2ccccc2)CCO1. The number of benzene rings is 2. The first kappa shape index (κ1) is 39.7. The minimum Gasteiger partial charge on any atom is -0.489 e. The topological polar surface area (TPSA) is 169 Å². The van der Waals surface area contributed by atoms with E-state index in [0.29, 0.717) is 55.5 Å². The number of nitrogens with zero attached hydrogens (tertiary/aromatic N) is 2. The van der Waals surface area contributed by atoms with Crippen molar-refractivity contribution in [3.63, 3.8) is 0 Å². The molecule has 6 N–H and O–H groups in total. The van der Waals surface area contributed by atoms with Crippen molar-refractivity contribution in [2.75, 3.05) is 74.8 Å². The summed E-state index contributed by atoms with van der Waals surface area (Å²) in [4.78, 5) is 49.0. The van der Waals surface area contributed by atoms with Crippen molar-refractivity contribution in [3.05, 3.63) is 60.2 Å². The number of ether oxygens (including phenoxy) is 2. The fourth-order valence-electron chi connectivity index (χ4n) is 4.26. The molecule has 1 aliphatic rings. The van der Waals surface area contributed by atoms with Gasteiger partial charge in [-0.3, -0.25) is 24.1 Å². The summed E-state index contributed by atoms with van der Waals surface area (Å²) in [6.45, 7) is 6.15. The summed E-state index contributed by atoms with van der Waals surface area (Å²) >= 11 is 2.81. The minimum absolute atomic E-state index is 0.0158. The molecule has 4 amide bonds. The Morgan fingerprint density at radius 1 is 0.957 bits per heavy atom. The number of carbonyl (C=O) groups excluding carboxylic acids is 4. The zero-order valence-corrected chi connectivity index (χ0v) is 29.3. The van der Waals surface area contributed by atoms with Gasteiger partial charge in [-0.2, -0.15) is 23.5 Å². The molecule has 47 heavy (non-hydrogen) atoms. The minimum atomic E-state index is -0.347. The second kappa shape index (κ2) is 23.0. The van der Waals surface area contributed by atoms with Crippen LogP contribution in [0.1, 0.15) is 25.3 Å². The van der Waals surface area contributed by atoms with Crippen molar-refractivity contribution in [1.29, 1.82) is 0 Å². The fraction of sp³-hybridized carbons (Fsp3) is 0.515. The normalized spacial score (nSPS) is 15.0. The lowest BCUT2D eigenvalue weighted by Gasteiger charge is -2.33. The number of carbonyl (C=O) groups is 4. The van der Waals surface area contributed by atoms with Crippen molar-refractivity contribution < 1.29 is 28.7 Å². The van der Waals surface area contributed by atoms with Crippen LogP contribution in [0.5, 0.6) is 5.75 Å². The monoisotopic (exact) mass is 690 g/mol. The van der Waals surface area contributed by atoms with Crippen molar-refractivity contribution in [2.24, 2.45) is 11.5 Å². The maximum atomic E-state index is 11.8. The molecular weight excluding hydrogens is 641 g/mol. The van der Waals surface area contributed by atoms with Crippen molar-refractivity contribution in [1.82, 2.24) is 15.5 Å². The number of anilines is 1. The maximum Gasteiger partial charge on any atom is 0.230 e. The zero-order valence-electron chi connectivity index (χ0n) is 27.7. The van der Waals surface area contributed by atoms with Crippen LogP contribution in [0.3, 0.4) is 0 Å². The number of primary amides is 2. The highest BCUT2D eigenvalue weighted by molar-refractivity contribution is 8.00. The van der Waals surface area contributed by atoms with E-state index in [1.807, 2.05) is 68.4 Å². The summed E-state index contributed by atoms with van der Waals surface area (Å²) in [5.74, 6) is 1.78. The molecule has 1 aliphatic heterocycles. The summed E-state index contributed by atoms with van der Waals surface area (Å²) in [7, 11) is 3.94. The standard InChI is InChI=1S/C17H25N3O3S.C16H25N3O3S/c18-16(21)6-9-24-13-17(22)19-10-15-12-20(7-8-23-15)11-14-4-2-1-3-5-14;1-12(10-18-16(21)11-23-8-7-15(17)20)22-14-6-4-5-13(9-14)19(2)3/h1-5,15H,6-13H2,(H2,18,21)(H,19,22);4-6,9,12H,7-8,10-11H2,1-3H3,(H2,17,20)(H,18,21). The van der Waals surface area contributed by atoms with Crippen LogP contribution in [0, 0.1) is 0 Å². The molecule has 0 aromatic heterocycles. The Balaban J connectivity index is 0.000000327. The summed E-state index contributed by atoms with van der Waals surface area (Å²) in [5, 5.41) is 5.71. The largest absolute Gasteiger partial charge is 0.489 e. The molecule has 260 valence electrons. The van der Waals surface area contributed by atoms with Gasteiger partial charge in [0.05, 0.1) is 30.8 Å². The Labute approximate surface area is 287 Å². The van der Waals surface area contributed by atoms with E-state index in [1.165, 1.54) is 29.1 Å². The number of morpholine rings is 1. The average Bonchev–Trinajstić information content (AvgIpc) is 3.04. The summed E-state index contributed by atoms with van der Waals surface area (Å²) in [6, 6.07) is 18.1. The molecule has 1 heterocycles. The van der Waals surface area contributed by atoms with Gasteiger partial charge >= 0.3 is 0 Å². The molecule has 0 saturated carbocycles. The van der Waals surface area contributed by atoms with Gasteiger partial charge in [0, 0.05) is 76.4 Å². The molecule has 14 heteroatoms. The fourth-order valence-corrected chi connectivity index (χ4v) is 5.82. The highest BCUT2D eigenvalue weighted by Gasteiger charge is 2.21. The van der Waals surface area contributed by atoms with Crippen LogP contribution in [-0.4, -0.2) is 111 Å². The van der Waals surface area contributed by atoms with Gasteiger partial charge < -0.3 is 36.5 Å². The molecule has 0 radical (unpaired) electrons. The van der Waals surface area contributed by atoms with Gasteiger partial charge in [-0.25, -0.2) is 0 Å². The van der Waals surface area contributed by atoms with E-state index in [-0.39, 0.29) is 35.8 Å². The Morgan fingerprint density at radius 2 is 1.60 bits per heavy atom. The van der Waals surface area contributed by atoms with E-state index in [4.69, 9.17) is 20.9 Å². The van der Waals surface area contributed by atoms with Crippen LogP contribution >= 0.6 is 23.5 Å². The third-order valence-electron chi connectivity index (χ3n) is 6.71. The van der Waals surface area contributed by atoms with Gasteiger partial charge in [-0.05, 0) is 24.6 Å². The lowest BCUT2D eigenvalue weighted by atomic mass is 10.2. The first-order valence-corrected chi connectivity index (χ1v) is 17.9. The van der Waals surface area contributed by atoms with Crippen LogP contribution in [0.2, 0.25) is 0 Å². The molecule has 12 nitrogen and oxygen atoms in total. The smallest absolute Gasteiger partial charge is 0.230 e. The van der Waals surface area contributed by atoms with Gasteiger partial charge in [0.25, 0.3) is 0 Å². The van der Waals surface area contributed by atoms with Gasteiger partial charge in [0.1, 0.15) is 11.9 Å². The van der Waals surface area contributed by atoms with Crippen molar-refractivity contribution in [2.45, 2.75) is 38.5 Å². The van der Waals surface area contributed by atoms with E-state index in [0.717, 1.165) is 31.1 Å². The number of nitrogens with two attached hydrogens (primary N) is 2. The van der Waals surface area contributed by atoms with Crippen molar-refractivity contribution in [3.8, 4) is 5.75 Å². The predicted molar refractivity (Wildman–Crippen MR) is 191 cm³/mol. The quantitative estimate of drug-likeness (QED) is 0.160. The molecule has 2 unspecified atom stereocenters. The van der Waals surface area contributed by atoms with Gasteiger partial charge in [-0.15, -0.1) is 0 Å². The number of thioether (sulfide) groups is 2. The summed E-state index contributed by atoms with van der Waals surface area (Å²) in [5.41, 5.74) is 12.4. The lowest BCUT2D eigenvalue weighted by Crippen LogP contribution is -2.47. The number of amides is 4. The van der Waals surface area contributed by atoms with E-state index in [9.17, 15) is 19.2 Å². The molecule has 1 fully saturated rings. The Kier molecular flexibility index (Phi) is 19.4. The van der Waals surface area contributed by atoms with Crippen LogP contribution in [0.25, 0.3) is 0 Å². The lowest BCUT2D eigenvalue weighted by molar-refractivity contribution is -0.120. The summed E-state index contributed by atoms with van der Waals surface area (Å²) < 4.78 is 11.5. The molecule has 2 aromatic rings. The number of hydrogen-bond acceptors (Lipinski definition) is 10. The Hall–Kier alpha value is -3.46. The maximum absolute atomic E-state index is 11.8. The van der Waals surface area contributed by atoms with Gasteiger partial charge in [-0.1, -0.05) is 36.4 Å². The highest BCUT2D eigenvalue weighted by atomic mass is 32.2. The molecule has 0 bridgehead atoms. The average molecular weight is 691 g/mol. The molecule has 0 aliphatic carbocycles. The second-order valence-electron chi connectivity index (χ2n) is 11.2. The zero-order chi connectivity index (χ0) is 34.4. The molecule has 3 rings (SSSR count). The van der Waals surface area contributed by atoms with Crippen LogP contribution in [0.4, 0.5) is 5.69 Å². The highest BCUT2D eigenvalue weighted by Crippen LogP contribution is 2.20. The van der Waals surface area contributed by atoms with E-state index in [2.05, 4.69) is 27.7 Å². The van der Waals surface area contributed by atoms with Crippen molar-refractivity contribution >= 4 is 52.8 Å². The van der Waals surface area contributed by atoms with Gasteiger partial charge in [0.2, 0.25) is 23.6 Å². The van der Waals surface area contributed by atoms with E-state index < -0.39 is 0 Å². The third-order valence-corrected chi connectivity index (χ3v) is 8.63. The first-order chi connectivity index (χ1) is 22.5. The van der Waals surface area contributed by atoms with Crippen LogP contribution in [-0.2, 0) is 30.5 Å². The van der Waals surface area contributed by atoms with E-state index >= 15 is 0 Å². The molecule has 2 aromatic carbocycles. The Bertz CT molecular complexity index is 1240. The van der Waals surface area contributed by atoms with Gasteiger partial charge in [0.15, 0.2) is 0 Å². The second-order valence-corrected chi connectivity index (χ2v) is 13.4. The molecular formula is C33H50N6O6S2. The third kappa shape index (κ3) is 19.1. The number of rotatable bonds is 19. The number of hydrogen-bond donors (Lipinski definition) is 4. The molecule has 1 saturated heterocycles. The van der Waals surface area contributed by atoms with Crippen LogP contribution in [0.15, 0.2) is 54.6 Å². The summed E-state index contributed by atoms with van der Waals surface area (Å²) in [6.07, 6.45) is 0.478. The Morgan fingerprint density at radius 3 is 2.21 bits per heavy atom. The number of nitrogens with one attached hydrogen (secondary N) is 2. The van der Waals surface area contributed by atoms with E-state index in [1.54, 1.807) is 0 Å². The molecule has 0 spiro atoms. The first-order valence-electron chi connectivity index (χ1n) is 15.6. The van der Waals surface area contributed by atoms with Crippen LogP contribution < -0.4 is 31.7 Å².